The maximum absolute atomic E-state index is 9.40. The van der Waals surface area contributed by atoms with Crippen molar-refractivity contribution in [2.75, 3.05) is 7.11 Å². The molecule has 6 heteroatoms. The minimum absolute atomic E-state index is 0.0900. The van der Waals surface area contributed by atoms with E-state index in [1.54, 1.807) is 7.11 Å². The molecule has 1 aromatic carbocycles. The van der Waals surface area contributed by atoms with Crippen molar-refractivity contribution in [2.45, 2.75) is 58.3 Å². The van der Waals surface area contributed by atoms with Gasteiger partial charge in [-0.15, -0.1) is 0 Å². The highest BCUT2D eigenvalue weighted by atomic mass is 16.7. The van der Waals surface area contributed by atoms with E-state index in [2.05, 4.69) is 57.0 Å². The van der Waals surface area contributed by atoms with Gasteiger partial charge in [0, 0.05) is 5.56 Å². The number of rotatable bonds is 4. The van der Waals surface area contributed by atoms with Crippen LogP contribution in [0.4, 0.5) is 0 Å². The Balaban J connectivity index is 1.68. The summed E-state index contributed by atoms with van der Waals surface area (Å²) in [5.41, 5.74) is 5.67. The van der Waals surface area contributed by atoms with E-state index < -0.39 is 0 Å². The van der Waals surface area contributed by atoms with Gasteiger partial charge in [0.05, 0.1) is 30.6 Å². The summed E-state index contributed by atoms with van der Waals surface area (Å²) >= 11 is 0. The first-order valence-corrected chi connectivity index (χ1v) is 10.1. The van der Waals surface area contributed by atoms with E-state index in [0.29, 0.717) is 11.4 Å². The number of fused-ring (bicyclic) bond motifs is 1. The van der Waals surface area contributed by atoms with Crippen LogP contribution in [0.2, 0.25) is 0 Å². The molecule has 0 atom stereocenters. The first-order chi connectivity index (χ1) is 13.8. The van der Waals surface area contributed by atoms with Crippen LogP contribution in [0.1, 0.15) is 56.5 Å². The highest BCUT2D eigenvalue weighted by Crippen LogP contribution is 2.39. The summed E-state index contributed by atoms with van der Waals surface area (Å²) in [5.74, 6) is 0.464. The Hall–Kier alpha value is -2.15. The molecule has 0 radical (unpaired) electrons. The number of nitrogens with zero attached hydrogens (tertiary/aromatic N) is 1. The van der Waals surface area contributed by atoms with Gasteiger partial charge in [-0.1, -0.05) is 18.2 Å². The molecule has 1 N–H and O–H groups in total. The van der Waals surface area contributed by atoms with Crippen molar-refractivity contribution in [1.82, 2.24) is 4.98 Å². The van der Waals surface area contributed by atoms with Crippen LogP contribution in [-0.2, 0) is 22.3 Å². The molecule has 1 aliphatic heterocycles. The van der Waals surface area contributed by atoms with Crippen molar-refractivity contribution in [3.05, 3.63) is 52.7 Å². The molecule has 2 aliphatic rings. The molecule has 0 bridgehead atoms. The fraction of sp³-hybridized carbons (Fsp3) is 0.435. The highest BCUT2D eigenvalue weighted by molar-refractivity contribution is 6.62. The van der Waals surface area contributed by atoms with Crippen LogP contribution in [0.3, 0.4) is 0 Å². The number of allylic oxidation sites excluding steroid dienone is 1. The number of hydrogen-bond acceptors (Lipinski definition) is 5. The quantitative estimate of drug-likeness (QED) is 0.808. The van der Waals surface area contributed by atoms with Crippen molar-refractivity contribution >= 4 is 24.2 Å². The molecule has 0 spiro atoms. The molecule has 0 unspecified atom stereocenters. The Morgan fingerprint density at radius 1 is 1.10 bits per heavy atom. The second-order valence-electron chi connectivity index (χ2n) is 8.69. The van der Waals surface area contributed by atoms with Gasteiger partial charge < -0.3 is 19.2 Å². The molecule has 2 aromatic rings. The lowest BCUT2D eigenvalue weighted by molar-refractivity contribution is 0.00578. The molecule has 0 amide bonds. The zero-order chi connectivity index (χ0) is 20.8. The lowest BCUT2D eigenvalue weighted by Crippen LogP contribution is -2.41. The van der Waals surface area contributed by atoms with E-state index in [0.717, 1.165) is 24.0 Å². The number of aromatic nitrogens is 1. The maximum atomic E-state index is 9.40. The summed E-state index contributed by atoms with van der Waals surface area (Å²) in [6.45, 7) is 8.23. The van der Waals surface area contributed by atoms with E-state index >= 15 is 0 Å². The molecule has 2 heterocycles. The number of aliphatic hydroxyl groups is 1. The van der Waals surface area contributed by atoms with E-state index in [4.69, 9.17) is 14.0 Å². The average molecular weight is 393 g/mol. The minimum Gasteiger partial charge on any atom is -0.481 e. The van der Waals surface area contributed by atoms with Gasteiger partial charge in [-0.3, -0.25) is 0 Å². The van der Waals surface area contributed by atoms with E-state index in [9.17, 15) is 5.11 Å². The van der Waals surface area contributed by atoms with E-state index in [1.807, 2.05) is 12.1 Å². The summed E-state index contributed by atoms with van der Waals surface area (Å²) < 4.78 is 17.9. The van der Waals surface area contributed by atoms with Gasteiger partial charge in [-0.05, 0) is 80.9 Å². The van der Waals surface area contributed by atoms with Crippen LogP contribution >= 0.6 is 0 Å². The second-order valence-corrected chi connectivity index (χ2v) is 8.69. The summed E-state index contributed by atoms with van der Waals surface area (Å²) in [4.78, 5) is 4.53. The van der Waals surface area contributed by atoms with Crippen LogP contribution in [0.5, 0.6) is 5.88 Å². The minimum atomic E-state index is -0.355. The third kappa shape index (κ3) is 3.50. The number of aliphatic hydroxyl groups excluding tert-OH is 1. The van der Waals surface area contributed by atoms with Crippen molar-refractivity contribution in [1.29, 1.82) is 0 Å². The molecule has 152 valence electrons. The number of benzene rings is 1. The standard InChI is InChI=1S/C23H28BNO4/c1-22(2)23(3,4)29-24(28-22)20-8-6-7-18-15(10-12-19(18)20)13-17-11-9-16(14-26)21(25-17)27-5/h6-9,11,13,26H,10,12,14H2,1-5H3. The molecule has 29 heavy (non-hydrogen) atoms. The Morgan fingerprint density at radius 3 is 2.48 bits per heavy atom. The summed E-state index contributed by atoms with van der Waals surface area (Å²) in [6, 6.07) is 10.1. The highest BCUT2D eigenvalue weighted by Gasteiger charge is 2.52. The molecule has 5 nitrogen and oxygen atoms in total. The fourth-order valence-corrected chi connectivity index (χ4v) is 3.96. The molecule has 1 fully saturated rings. The van der Waals surface area contributed by atoms with Crippen LogP contribution in [0.15, 0.2) is 30.3 Å². The van der Waals surface area contributed by atoms with Gasteiger partial charge in [-0.2, -0.15) is 0 Å². The zero-order valence-electron chi connectivity index (χ0n) is 17.8. The predicted octanol–water partition coefficient (Wildman–Crippen LogP) is 3.37. The average Bonchev–Trinajstić information content (AvgIpc) is 3.19. The normalized spacial score (nSPS) is 20.9. The van der Waals surface area contributed by atoms with E-state index in [-0.39, 0.29) is 24.9 Å². The van der Waals surface area contributed by atoms with Crippen LogP contribution < -0.4 is 10.2 Å². The third-order valence-electron chi connectivity index (χ3n) is 6.36. The van der Waals surface area contributed by atoms with Gasteiger partial charge >= 0.3 is 7.12 Å². The molecular weight excluding hydrogens is 365 g/mol. The smallest absolute Gasteiger partial charge is 0.481 e. The van der Waals surface area contributed by atoms with Gasteiger partial charge in [0.15, 0.2) is 0 Å². The number of hydrogen-bond donors (Lipinski definition) is 1. The number of pyridine rings is 1. The third-order valence-corrected chi connectivity index (χ3v) is 6.36. The molecule has 1 aliphatic carbocycles. The molecule has 4 rings (SSSR count). The van der Waals surface area contributed by atoms with Gasteiger partial charge in [0.2, 0.25) is 5.88 Å². The summed E-state index contributed by atoms with van der Waals surface area (Å²) in [6.07, 6.45) is 3.99. The lowest BCUT2D eigenvalue weighted by atomic mass is 9.75. The topological polar surface area (TPSA) is 60.8 Å². The Kier molecular flexibility index (Phi) is 5.05. The van der Waals surface area contributed by atoms with E-state index in [1.165, 1.54) is 16.7 Å². The Morgan fingerprint density at radius 2 is 1.83 bits per heavy atom. The first-order valence-electron chi connectivity index (χ1n) is 10.1. The maximum Gasteiger partial charge on any atom is 0.495 e. The summed E-state index contributed by atoms with van der Waals surface area (Å²) in [5, 5.41) is 9.40. The molecule has 1 saturated heterocycles. The van der Waals surface area contributed by atoms with Crippen LogP contribution in [0, 0.1) is 0 Å². The van der Waals surface area contributed by atoms with Crippen molar-refractivity contribution in [2.24, 2.45) is 0 Å². The molecular formula is C23H28BNO4. The summed E-state index contributed by atoms with van der Waals surface area (Å²) in [7, 11) is 1.22. The SMILES string of the molecule is COc1nc(C=C2CCc3c(B4OC(C)(C)C(C)(C)O4)cccc32)ccc1CO. The molecule has 0 saturated carbocycles. The largest absolute Gasteiger partial charge is 0.495 e. The number of ether oxygens (including phenoxy) is 1. The van der Waals surface area contributed by atoms with Gasteiger partial charge in [-0.25, -0.2) is 4.98 Å². The van der Waals surface area contributed by atoms with Crippen molar-refractivity contribution < 1.29 is 19.2 Å². The predicted molar refractivity (Wildman–Crippen MR) is 115 cm³/mol. The first kappa shape index (κ1) is 20.1. The number of methoxy groups -OCH3 is 1. The van der Waals surface area contributed by atoms with Crippen molar-refractivity contribution in [3.63, 3.8) is 0 Å². The van der Waals surface area contributed by atoms with Crippen LogP contribution in [0.25, 0.3) is 11.6 Å². The monoisotopic (exact) mass is 393 g/mol. The lowest BCUT2D eigenvalue weighted by Gasteiger charge is -2.32. The Bertz CT molecular complexity index is 951. The molecule has 1 aromatic heterocycles. The Labute approximate surface area is 172 Å². The zero-order valence-corrected chi connectivity index (χ0v) is 17.8. The van der Waals surface area contributed by atoms with Gasteiger partial charge in [0.25, 0.3) is 0 Å². The second kappa shape index (κ2) is 7.28. The van der Waals surface area contributed by atoms with Crippen molar-refractivity contribution in [3.8, 4) is 5.88 Å². The van der Waals surface area contributed by atoms with Crippen LogP contribution in [-0.4, -0.2) is 35.5 Å². The fourth-order valence-electron chi connectivity index (χ4n) is 3.96. The van der Waals surface area contributed by atoms with Gasteiger partial charge in [0.1, 0.15) is 0 Å².